The topological polar surface area (TPSA) is 69.7 Å². The summed E-state index contributed by atoms with van der Waals surface area (Å²) in [7, 11) is -13.1. The minimum absolute atomic E-state index is 0.00509. The largest absolute Gasteiger partial charge is 0.601 e. The molecule has 0 bridgehead atoms. The Bertz CT molecular complexity index is 7440. The highest BCUT2D eigenvalue weighted by Gasteiger charge is 2.59. The number of sulfone groups is 1. The van der Waals surface area contributed by atoms with E-state index in [-0.39, 0.29) is 90.1 Å². The molecular weight excluding hydrogens is 1930 g/mol. The molecule has 0 aliphatic carbocycles. The van der Waals surface area contributed by atoms with Crippen LogP contribution in [0.1, 0.15) is 0 Å². The first-order chi connectivity index (χ1) is 63.4. The molecule has 5 nitrogen and oxygen atoms in total. The van der Waals surface area contributed by atoms with Gasteiger partial charge in [-0.3, -0.25) is 0 Å². The van der Waals surface area contributed by atoms with Crippen molar-refractivity contribution in [3.63, 3.8) is 0 Å². The number of benzene rings is 16. The van der Waals surface area contributed by atoms with E-state index in [1.165, 1.54) is 158 Å². The number of halogens is 22. The third kappa shape index (κ3) is 18.9. The van der Waals surface area contributed by atoms with Crippen LogP contribution < -0.4 is 9.47 Å². The van der Waals surface area contributed by atoms with Crippen molar-refractivity contribution in [1.82, 2.24) is 0 Å². The van der Waals surface area contributed by atoms with E-state index in [2.05, 4.69) is 0 Å². The van der Waals surface area contributed by atoms with Gasteiger partial charge in [0.15, 0.2) is 91.9 Å². The van der Waals surface area contributed by atoms with Crippen LogP contribution in [0.15, 0.2) is 389 Å². The smallest absolute Gasteiger partial charge is 0.447 e. The SMILES string of the molecule is Fc1ccc(-[s+]2c3cc(F)ccc3c3ccc(F)cc32)cc1.Fc1ccc([S+]2c3cc(F)ccc3Oc3ccc(F)cc32)cc1.Fc1ccc2c(c1)Oc1cc(F)ccc1[S+]2C(F)(F)F.Fc1ccc2c(c1)c1cc(F)ccc1[s+]2C(F)(F)F.O=S1(=O)c2ccc(F)cc2[S+](c2ccc(F)cc2)c2cc(F)ccc21.O=S1c2ccc(F)cc2[S+](c2ccc(F)cc2)c2cc(F)ccc21. The summed E-state index contributed by atoms with van der Waals surface area (Å²) in [4.78, 5) is 6.38. The lowest BCUT2D eigenvalue weighted by Gasteiger charge is -2.20. The van der Waals surface area contributed by atoms with Crippen molar-refractivity contribution in [3.05, 3.63) is 409 Å². The number of fused-ring (bicyclic) bond motifs is 14. The van der Waals surface area contributed by atoms with Gasteiger partial charge in [0.25, 0.3) is 0 Å². The van der Waals surface area contributed by atoms with E-state index >= 15 is 0 Å². The van der Waals surface area contributed by atoms with Gasteiger partial charge in [-0.1, -0.05) is 0 Å². The van der Waals surface area contributed by atoms with Crippen molar-refractivity contribution in [2.24, 2.45) is 0 Å². The van der Waals surface area contributed by atoms with E-state index < -0.39 is 160 Å². The van der Waals surface area contributed by atoms with Crippen LogP contribution in [0.3, 0.4) is 0 Å². The average Bonchev–Trinajstić information content (AvgIpc) is 1.69. The molecule has 18 aromatic rings. The summed E-state index contributed by atoms with van der Waals surface area (Å²) in [5.41, 5.74) is -9.02. The molecule has 2 aromatic heterocycles. The Labute approximate surface area is 759 Å². The van der Waals surface area contributed by atoms with Gasteiger partial charge in [0.1, 0.15) is 156 Å². The molecule has 0 spiro atoms. The van der Waals surface area contributed by atoms with E-state index in [0.29, 0.717) is 50.7 Å². The Kier molecular flexibility index (Phi) is 25.8. The fourth-order valence-corrected chi connectivity index (χ4v) is 32.0. The number of rotatable bonds is 4. The predicted octanol–water partition coefficient (Wildman–Crippen LogP) is 30.6. The molecule has 35 heteroatoms. The highest BCUT2D eigenvalue weighted by Crippen LogP contribution is 2.57. The maximum atomic E-state index is 13.8. The summed E-state index contributed by atoms with van der Waals surface area (Å²) in [6, 6.07) is 68.1. The van der Waals surface area contributed by atoms with Crippen molar-refractivity contribution in [1.29, 1.82) is 0 Å². The van der Waals surface area contributed by atoms with E-state index in [4.69, 9.17) is 9.47 Å². The van der Waals surface area contributed by atoms with Crippen LogP contribution in [0.5, 0.6) is 23.0 Å². The normalized spacial score (nSPS) is 14.4. The second kappa shape index (κ2) is 37.2. The van der Waals surface area contributed by atoms with Crippen LogP contribution in [0.4, 0.5) is 96.6 Å². The van der Waals surface area contributed by atoms with Gasteiger partial charge in [-0.25, -0.2) is 82.9 Å². The number of ether oxygens (including phenoxy) is 2. The third-order valence-electron chi connectivity index (χ3n) is 20.3. The monoisotopic (exact) mass is 1980 g/mol. The molecule has 0 saturated heterocycles. The number of hydrogen-bond donors (Lipinski definition) is 0. The van der Waals surface area contributed by atoms with E-state index in [0.717, 1.165) is 127 Å². The summed E-state index contributed by atoms with van der Waals surface area (Å²) in [6.45, 7) is 0. The van der Waals surface area contributed by atoms with Gasteiger partial charge in [-0.2, -0.15) is 0 Å². The number of alkyl halides is 6. The Morgan fingerprint density at radius 2 is 0.511 bits per heavy atom. The molecule has 0 saturated carbocycles. The molecule has 0 fully saturated rings. The minimum atomic E-state index is -4.55. The Morgan fingerprint density at radius 3 is 0.887 bits per heavy atom. The van der Waals surface area contributed by atoms with Crippen LogP contribution in [0, 0.1) is 93.1 Å². The quantitative estimate of drug-likeness (QED) is 0.0998. The summed E-state index contributed by atoms with van der Waals surface area (Å²) >= 11 is 0. The van der Waals surface area contributed by atoms with E-state index in [1.807, 2.05) is 0 Å². The van der Waals surface area contributed by atoms with Gasteiger partial charge in [0.05, 0.1) is 21.6 Å². The minimum Gasteiger partial charge on any atom is -0.447 e. The lowest BCUT2D eigenvalue weighted by Crippen LogP contribution is -2.27. The summed E-state index contributed by atoms with van der Waals surface area (Å²) in [5.74, 6) is -7.17. The maximum absolute atomic E-state index is 13.8. The zero-order valence-corrected chi connectivity index (χ0v) is 73.2. The first-order valence-electron chi connectivity index (χ1n) is 38.6. The van der Waals surface area contributed by atoms with Crippen LogP contribution in [-0.4, -0.2) is 18.1 Å². The van der Waals surface area contributed by atoms with Gasteiger partial charge in [0.2, 0.25) is 29.4 Å². The van der Waals surface area contributed by atoms with Crippen LogP contribution in [0.2, 0.25) is 0 Å². The summed E-state index contributed by atoms with van der Waals surface area (Å²) in [6.07, 6.45) is 0. The standard InChI is InChI=1S/C18H10F3O2S2.C18H10F3OS2.C18H10F3OS.C18H10F3S.C13H6F5OS.C13H6F5S/c19-11-1-5-14(6-2-11)24-15-9-12(20)3-7-17(15)25(22,23)18-8-4-13(21)10-16(18)24;19-11-1-5-14(6-2-11)23-17-9-12(20)3-7-15(17)24(22)16-8-4-13(21)10-18(16)23;19-11-1-5-14(6-2-11)23-17-9-12(20)3-7-15(17)22-16-8-4-13(21)10-18(16)23;19-11-1-5-14(6-2-11)22-17-9-12(20)3-7-15(17)16-8-4-13(21)10-18(16)22;14-7-1-3-11-9(5-7)19-10-6-8(15)2-4-12(10)20(11)13(16,17)18;14-7-1-3-11-9(5-7)10-6-8(15)2-4-12(10)19(11)13(16,17)18/h1-10H;1-10H;1-10H;1-10H;1-6H;1-6H/q6*+1. The Hall–Kier alpha value is -12.5. The molecule has 0 radical (unpaired) electrons. The second-order valence-corrected chi connectivity index (χ2v) is 43.9. The number of hydrogen-bond acceptors (Lipinski definition) is 5. The van der Waals surface area contributed by atoms with Gasteiger partial charge in [0, 0.05) is 118 Å². The predicted molar refractivity (Wildman–Crippen MR) is 467 cm³/mol. The molecule has 0 unspecified atom stereocenters. The fourth-order valence-electron chi connectivity index (χ4n) is 14.8. The number of thiophene rings is 2. The van der Waals surface area contributed by atoms with Gasteiger partial charge < -0.3 is 9.47 Å². The van der Waals surface area contributed by atoms with E-state index in [1.54, 1.807) is 60.7 Å². The molecule has 22 rings (SSSR count). The molecule has 6 heterocycles. The molecule has 0 N–H and O–H groups in total. The van der Waals surface area contributed by atoms with Crippen molar-refractivity contribution in [3.8, 4) is 27.9 Å². The Balaban J connectivity index is 0.000000112. The molecule has 16 aromatic carbocycles. The maximum Gasteiger partial charge on any atom is 0.601 e. The van der Waals surface area contributed by atoms with Crippen LogP contribution in [0.25, 0.3) is 45.2 Å². The lowest BCUT2D eigenvalue weighted by molar-refractivity contribution is -0.0863. The van der Waals surface area contributed by atoms with Crippen molar-refractivity contribution < 1.29 is 119 Å². The third-order valence-corrected chi connectivity index (χ3v) is 37.4. The zero-order valence-electron chi connectivity index (χ0n) is 66.6. The Morgan fingerprint density at radius 1 is 0.233 bits per heavy atom. The van der Waals surface area contributed by atoms with Gasteiger partial charge in [-0.05, 0) is 218 Å². The van der Waals surface area contributed by atoms with Crippen molar-refractivity contribution in [2.45, 2.75) is 84.4 Å². The van der Waals surface area contributed by atoms with Crippen LogP contribution in [-0.2, 0) is 69.7 Å². The summed E-state index contributed by atoms with van der Waals surface area (Å²) < 4.78 is 346. The molecule has 4 aliphatic rings. The molecule has 133 heavy (non-hydrogen) atoms. The van der Waals surface area contributed by atoms with E-state index in [9.17, 15) is 109 Å². The second-order valence-electron chi connectivity index (χ2n) is 28.8. The fraction of sp³-hybridized carbons (Fsp3) is 0.0204. The molecule has 670 valence electrons. The lowest BCUT2D eigenvalue weighted by atomic mass is 10.1. The average molecular weight is 1980 g/mol. The molecule has 0 amide bonds. The first-order valence-corrected chi connectivity index (χ1v) is 48.6. The van der Waals surface area contributed by atoms with Crippen LogP contribution >= 0.6 is 20.9 Å². The summed E-state index contributed by atoms with van der Waals surface area (Å²) in [5, 5.41) is 2.05. The van der Waals surface area contributed by atoms with Crippen molar-refractivity contribution >= 4 is 126 Å². The molecule has 4 aliphatic heterocycles. The highest BCUT2D eigenvalue weighted by atomic mass is 32.2. The molecule has 0 atom stereocenters. The molecular formula is C98H52F22O5S8+6. The highest BCUT2D eigenvalue weighted by molar-refractivity contribution is 8.01. The van der Waals surface area contributed by atoms with Gasteiger partial charge in [-0.15, -0.1) is 26.3 Å². The van der Waals surface area contributed by atoms with Gasteiger partial charge >= 0.3 is 11.0 Å². The zero-order chi connectivity index (χ0) is 94.1. The van der Waals surface area contributed by atoms with Crippen molar-refractivity contribution in [2.75, 3.05) is 0 Å². The first kappa shape index (κ1) is 92.4.